The van der Waals surface area contributed by atoms with E-state index in [1.54, 1.807) is 0 Å². The molecule has 1 saturated heterocycles. The monoisotopic (exact) mass is 550 g/mol. The standard InChI is InChI=1S/C31H26N4O4S/c1-35-27-18-25(39-24-13-9-22(10-14-24)32-21-5-3-2-4-6-21)15-16-26(27)33-29(35)19-38-23-11-7-20(8-12-23)17-28-30(36)34-31(37)40-28/h2-16,18,28,32H,17,19H2,1H3,(H,34,36,37). The summed E-state index contributed by atoms with van der Waals surface area (Å²) in [6.45, 7) is 0.298. The van der Waals surface area contributed by atoms with Gasteiger partial charge in [0, 0.05) is 24.5 Å². The molecule has 40 heavy (non-hydrogen) atoms. The van der Waals surface area contributed by atoms with E-state index in [2.05, 4.69) is 10.6 Å². The van der Waals surface area contributed by atoms with Gasteiger partial charge in [-0.05, 0) is 72.6 Å². The lowest BCUT2D eigenvalue weighted by Gasteiger charge is -2.10. The van der Waals surface area contributed by atoms with Crippen LogP contribution in [0.1, 0.15) is 11.4 Å². The molecule has 1 atom stereocenters. The summed E-state index contributed by atoms with van der Waals surface area (Å²) < 4.78 is 14.1. The zero-order valence-corrected chi connectivity index (χ0v) is 22.5. The summed E-state index contributed by atoms with van der Waals surface area (Å²) in [4.78, 5) is 27.9. The Morgan fingerprint density at radius 3 is 2.30 bits per heavy atom. The Morgan fingerprint density at radius 1 is 0.875 bits per heavy atom. The maximum Gasteiger partial charge on any atom is 0.286 e. The fraction of sp³-hybridized carbons (Fsp3) is 0.129. The second-order valence-corrected chi connectivity index (χ2v) is 10.6. The molecule has 200 valence electrons. The lowest BCUT2D eigenvalue weighted by atomic mass is 10.1. The van der Waals surface area contributed by atoms with Crippen molar-refractivity contribution in [3.8, 4) is 17.2 Å². The van der Waals surface area contributed by atoms with Crippen molar-refractivity contribution in [2.45, 2.75) is 18.3 Å². The highest BCUT2D eigenvalue weighted by Crippen LogP contribution is 2.28. The van der Waals surface area contributed by atoms with Crippen LogP contribution >= 0.6 is 11.8 Å². The second kappa shape index (κ2) is 11.2. The van der Waals surface area contributed by atoms with Gasteiger partial charge in [-0.25, -0.2) is 4.98 Å². The van der Waals surface area contributed by atoms with Crippen LogP contribution in [0.5, 0.6) is 17.2 Å². The Kier molecular flexibility index (Phi) is 7.11. The number of imidazole rings is 1. The molecule has 0 saturated carbocycles. The third kappa shape index (κ3) is 5.79. The normalized spacial score (nSPS) is 14.8. The molecule has 4 aromatic carbocycles. The summed E-state index contributed by atoms with van der Waals surface area (Å²) >= 11 is 1.03. The molecule has 2 N–H and O–H groups in total. The molecular formula is C31H26N4O4S. The molecule has 1 aliphatic heterocycles. The molecule has 8 nitrogen and oxygen atoms in total. The van der Waals surface area contributed by atoms with Crippen molar-refractivity contribution in [1.29, 1.82) is 0 Å². The van der Waals surface area contributed by atoms with Crippen molar-refractivity contribution >= 4 is 45.3 Å². The molecule has 0 spiro atoms. The lowest BCUT2D eigenvalue weighted by Crippen LogP contribution is -2.25. The summed E-state index contributed by atoms with van der Waals surface area (Å²) in [5, 5.41) is 5.01. The minimum absolute atomic E-state index is 0.236. The molecule has 1 aliphatic rings. The van der Waals surface area contributed by atoms with E-state index in [0.717, 1.165) is 57.1 Å². The predicted octanol–water partition coefficient (Wildman–Crippen LogP) is 6.58. The van der Waals surface area contributed by atoms with Crippen molar-refractivity contribution in [3.05, 3.63) is 108 Å². The first-order valence-corrected chi connectivity index (χ1v) is 13.7. The van der Waals surface area contributed by atoms with Gasteiger partial charge in [0.25, 0.3) is 5.24 Å². The molecule has 0 bridgehead atoms. The third-order valence-electron chi connectivity index (χ3n) is 6.58. The highest BCUT2D eigenvalue weighted by Gasteiger charge is 2.31. The number of hydrogen-bond donors (Lipinski definition) is 2. The molecule has 2 amide bonds. The van der Waals surface area contributed by atoms with Crippen molar-refractivity contribution in [1.82, 2.24) is 14.9 Å². The quantitative estimate of drug-likeness (QED) is 0.214. The zero-order valence-electron chi connectivity index (χ0n) is 21.7. The summed E-state index contributed by atoms with van der Waals surface area (Å²) in [5.41, 5.74) is 4.77. The van der Waals surface area contributed by atoms with E-state index < -0.39 is 0 Å². The van der Waals surface area contributed by atoms with E-state index >= 15 is 0 Å². The number of amides is 2. The number of aryl methyl sites for hydroxylation is 1. The summed E-state index contributed by atoms with van der Waals surface area (Å²) in [5.74, 6) is 2.71. The van der Waals surface area contributed by atoms with E-state index in [-0.39, 0.29) is 16.4 Å². The van der Waals surface area contributed by atoms with Gasteiger partial charge >= 0.3 is 0 Å². The fourth-order valence-corrected chi connectivity index (χ4v) is 5.31. The first-order chi connectivity index (χ1) is 19.5. The second-order valence-electron chi connectivity index (χ2n) is 9.37. The van der Waals surface area contributed by atoms with Gasteiger partial charge in [0.2, 0.25) is 5.91 Å². The maximum atomic E-state index is 11.8. The average molecular weight is 551 g/mol. The van der Waals surface area contributed by atoms with Gasteiger partial charge in [-0.15, -0.1) is 0 Å². The number of thioether (sulfide) groups is 1. The van der Waals surface area contributed by atoms with Crippen LogP contribution in [0.3, 0.4) is 0 Å². The number of carbonyl (C=O) groups excluding carboxylic acids is 2. The number of nitrogens with zero attached hydrogens (tertiary/aromatic N) is 2. The maximum absolute atomic E-state index is 11.8. The number of nitrogens with one attached hydrogen (secondary N) is 2. The molecule has 1 aromatic heterocycles. The van der Waals surface area contributed by atoms with E-state index in [9.17, 15) is 9.59 Å². The van der Waals surface area contributed by atoms with Gasteiger partial charge in [-0.2, -0.15) is 0 Å². The molecule has 9 heteroatoms. The van der Waals surface area contributed by atoms with E-state index in [4.69, 9.17) is 14.5 Å². The predicted molar refractivity (Wildman–Crippen MR) is 156 cm³/mol. The molecule has 0 radical (unpaired) electrons. The van der Waals surface area contributed by atoms with E-state index in [1.807, 2.05) is 109 Å². The molecule has 1 unspecified atom stereocenters. The largest absolute Gasteiger partial charge is 0.486 e. The number of anilines is 2. The molecule has 5 aromatic rings. The lowest BCUT2D eigenvalue weighted by molar-refractivity contribution is -0.118. The molecule has 6 rings (SSSR count). The van der Waals surface area contributed by atoms with Crippen LogP contribution in [0.15, 0.2) is 97.1 Å². The Bertz CT molecular complexity index is 1670. The van der Waals surface area contributed by atoms with E-state index in [1.165, 1.54) is 0 Å². The van der Waals surface area contributed by atoms with Gasteiger partial charge in [-0.3, -0.25) is 14.9 Å². The van der Waals surface area contributed by atoms with E-state index in [0.29, 0.717) is 18.8 Å². The number of para-hydroxylation sites is 1. The first kappa shape index (κ1) is 25.5. The van der Waals surface area contributed by atoms with Gasteiger partial charge in [0.05, 0.1) is 16.3 Å². The van der Waals surface area contributed by atoms with Crippen molar-refractivity contribution in [2.24, 2.45) is 7.05 Å². The Labute approximate surface area is 235 Å². The number of ether oxygens (including phenoxy) is 2. The van der Waals surface area contributed by atoms with Crippen LogP contribution in [0.4, 0.5) is 16.2 Å². The van der Waals surface area contributed by atoms with Gasteiger partial charge in [0.15, 0.2) is 0 Å². The molecular weight excluding hydrogens is 524 g/mol. The molecule has 2 heterocycles. The Morgan fingerprint density at radius 2 is 1.57 bits per heavy atom. The highest BCUT2D eigenvalue weighted by atomic mass is 32.2. The minimum Gasteiger partial charge on any atom is -0.486 e. The number of fused-ring (bicyclic) bond motifs is 1. The van der Waals surface area contributed by atoms with Gasteiger partial charge in [0.1, 0.15) is 29.7 Å². The van der Waals surface area contributed by atoms with Crippen LogP contribution in [0.2, 0.25) is 0 Å². The smallest absolute Gasteiger partial charge is 0.286 e. The number of imide groups is 1. The van der Waals surface area contributed by atoms with Crippen molar-refractivity contribution < 1.29 is 19.1 Å². The molecule has 0 aliphatic carbocycles. The van der Waals surface area contributed by atoms with Crippen molar-refractivity contribution in [3.63, 3.8) is 0 Å². The summed E-state index contributed by atoms with van der Waals surface area (Å²) in [6, 6.07) is 31.2. The van der Waals surface area contributed by atoms with Crippen LogP contribution in [-0.4, -0.2) is 25.9 Å². The summed E-state index contributed by atoms with van der Waals surface area (Å²) in [7, 11) is 1.95. The third-order valence-corrected chi connectivity index (χ3v) is 7.56. The van der Waals surface area contributed by atoms with Crippen LogP contribution in [0.25, 0.3) is 11.0 Å². The van der Waals surface area contributed by atoms with Crippen LogP contribution < -0.4 is 20.1 Å². The van der Waals surface area contributed by atoms with Crippen LogP contribution in [-0.2, 0) is 24.9 Å². The Hall–Kier alpha value is -4.76. The first-order valence-electron chi connectivity index (χ1n) is 12.8. The fourth-order valence-electron chi connectivity index (χ4n) is 4.45. The number of benzene rings is 4. The average Bonchev–Trinajstić information content (AvgIpc) is 3.46. The number of hydrogen-bond acceptors (Lipinski definition) is 7. The topological polar surface area (TPSA) is 94.5 Å². The highest BCUT2D eigenvalue weighted by molar-refractivity contribution is 8.15. The van der Waals surface area contributed by atoms with Gasteiger partial charge < -0.3 is 19.4 Å². The zero-order chi connectivity index (χ0) is 27.5. The number of rotatable bonds is 9. The molecule has 1 fully saturated rings. The Balaban J connectivity index is 1.08. The van der Waals surface area contributed by atoms with Gasteiger partial charge in [-0.1, -0.05) is 42.1 Å². The summed E-state index contributed by atoms with van der Waals surface area (Å²) in [6.07, 6.45) is 0.492. The van der Waals surface area contributed by atoms with Crippen molar-refractivity contribution in [2.75, 3.05) is 5.32 Å². The van der Waals surface area contributed by atoms with Crippen LogP contribution in [0, 0.1) is 0 Å². The SMILES string of the molecule is Cn1c(COc2ccc(CC3SC(=O)NC3=O)cc2)nc2ccc(Oc3ccc(Nc4ccccc4)cc3)cc21. The number of carbonyl (C=O) groups is 2. The number of aromatic nitrogens is 2. The minimum atomic E-state index is -0.385.